The number of rotatable bonds is 33. The molecule has 46 heavy (non-hydrogen) atoms. The van der Waals surface area contributed by atoms with E-state index in [0.29, 0.717) is 19.3 Å². The van der Waals surface area contributed by atoms with Crippen LogP contribution in [0.3, 0.4) is 0 Å². The molecule has 0 aromatic rings. The Morgan fingerprint density at radius 1 is 0.500 bits per heavy atom. The van der Waals surface area contributed by atoms with E-state index in [1.54, 1.807) is 0 Å². The lowest BCUT2D eigenvalue weighted by Crippen LogP contribution is -2.21. The first-order valence-electron chi connectivity index (χ1n) is 19.1. The zero-order valence-corrected chi connectivity index (χ0v) is 30.1. The van der Waals surface area contributed by atoms with Gasteiger partial charge in [-0.1, -0.05) is 170 Å². The zero-order valence-electron chi connectivity index (χ0n) is 30.1. The average Bonchev–Trinajstić information content (AvgIpc) is 3.06. The third-order valence-corrected chi connectivity index (χ3v) is 7.90. The molecule has 0 saturated heterocycles. The molecule has 0 heterocycles. The van der Waals surface area contributed by atoms with Gasteiger partial charge in [-0.2, -0.15) is 0 Å². The highest BCUT2D eigenvalue weighted by Crippen LogP contribution is 2.13. The minimum Gasteiger partial charge on any atom is -0.460 e. The summed E-state index contributed by atoms with van der Waals surface area (Å²) in [6.07, 6.45) is 57.6. The van der Waals surface area contributed by atoms with E-state index < -0.39 is 0 Å². The van der Waals surface area contributed by atoms with Crippen LogP contribution in [-0.4, -0.2) is 23.8 Å². The summed E-state index contributed by atoms with van der Waals surface area (Å²) in [7, 11) is 0. The smallest absolute Gasteiger partial charge is 0.306 e. The number of allylic oxidation sites excluding steroid dienone is 14. The van der Waals surface area contributed by atoms with Gasteiger partial charge in [0.25, 0.3) is 0 Å². The molecule has 0 aliphatic heterocycles. The fourth-order valence-electron chi connectivity index (χ4n) is 5.08. The molecule has 3 heteroatoms. The third-order valence-electron chi connectivity index (χ3n) is 7.90. The molecule has 1 unspecified atom stereocenters. The summed E-state index contributed by atoms with van der Waals surface area (Å²) in [6.45, 7) is 4.33. The number of carbonyl (C=O) groups is 1. The number of hydrogen-bond donors (Lipinski definition) is 1. The molecular weight excluding hydrogens is 564 g/mol. The van der Waals surface area contributed by atoms with Crippen molar-refractivity contribution < 1.29 is 14.6 Å². The second-order valence-electron chi connectivity index (χ2n) is 12.3. The van der Waals surface area contributed by atoms with Crippen LogP contribution in [0.2, 0.25) is 0 Å². The summed E-state index contributed by atoms with van der Waals surface area (Å²) in [5.41, 5.74) is 0. The molecule has 0 aromatic carbocycles. The largest absolute Gasteiger partial charge is 0.460 e. The molecule has 0 rings (SSSR count). The summed E-state index contributed by atoms with van der Waals surface area (Å²) in [5, 5.41) is 9.62. The maximum atomic E-state index is 12.2. The zero-order chi connectivity index (χ0) is 33.4. The Balaban J connectivity index is 3.67. The number of carbonyl (C=O) groups excluding carboxylic acids is 1. The molecular formula is C43H72O3. The lowest BCUT2D eigenvalue weighted by Gasteiger charge is -2.14. The molecule has 0 aliphatic carbocycles. The van der Waals surface area contributed by atoms with Crippen LogP contribution in [0.5, 0.6) is 0 Å². The lowest BCUT2D eigenvalue weighted by molar-refractivity contribution is -0.151. The Morgan fingerprint density at radius 3 is 1.35 bits per heavy atom. The standard InChI is InChI=1S/C43H72O3/c1-3-5-7-9-11-13-15-17-19-21-22-24-26-28-30-32-34-36-38-40-43(45)46-42(41-44)39-37-35-33-31-29-27-25-23-20-18-16-14-12-10-8-6-4-2/h5,7,11,13,17,19,22,24,28,30-31,33-34,36,42,44H,3-4,6,8-10,12,14-16,18,20-21,23,25-27,29,32,35,37-41H2,1-2H3/b7-5-,13-11-,19-17-,24-22-,30-28-,33-31-,36-34-. The van der Waals surface area contributed by atoms with Crippen LogP contribution in [-0.2, 0) is 9.53 Å². The van der Waals surface area contributed by atoms with Gasteiger partial charge in [0, 0.05) is 6.42 Å². The molecule has 0 aromatic heterocycles. The van der Waals surface area contributed by atoms with Crippen molar-refractivity contribution in [2.75, 3.05) is 6.61 Å². The van der Waals surface area contributed by atoms with Gasteiger partial charge in [0.15, 0.2) is 0 Å². The normalized spacial score (nSPS) is 13.4. The Kier molecular flexibility index (Phi) is 36.8. The molecule has 1 atom stereocenters. The summed E-state index contributed by atoms with van der Waals surface area (Å²) in [6, 6.07) is 0. The molecule has 1 N–H and O–H groups in total. The highest BCUT2D eigenvalue weighted by atomic mass is 16.5. The van der Waals surface area contributed by atoms with Gasteiger partial charge in [-0.05, 0) is 77.0 Å². The highest BCUT2D eigenvalue weighted by molar-refractivity contribution is 5.69. The number of aliphatic hydroxyl groups excluding tert-OH is 1. The number of hydrogen-bond acceptors (Lipinski definition) is 3. The summed E-state index contributed by atoms with van der Waals surface area (Å²) < 4.78 is 5.49. The summed E-state index contributed by atoms with van der Waals surface area (Å²) in [5.74, 6) is -0.221. The van der Waals surface area contributed by atoms with E-state index in [-0.39, 0.29) is 18.7 Å². The van der Waals surface area contributed by atoms with E-state index in [4.69, 9.17) is 4.74 Å². The molecule has 0 radical (unpaired) electrons. The van der Waals surface area contributed by atoms with Gasteiger partial charge in [0.05, 0.1) is 6.61 Å². The van der Waals surface area contributed by atoms with Crippen LogP contribution in [0.4, 0.5) is 0 Å². The highest BCUT2D eigenvalue weighted by Gasteiger charge is 2.12. The number of ether oxygens (including phenoxy) is 1. The van der Waals surface area contributed by atoms with Crippen molar-refractivity contribution in [3.05, 3.63) is 85.1 Å². The number of unbranched alkanes of at least 4 members (excludes halogenated alkanes) is 13. The van der Waals surface area contributed by atoms with E-state index in [2.05, 4.69) is 92.8 Å². The first kappa shape index (κ1) is 43.6. The van der Waals surface area contributed by atoms with E-state index in [1.807, 2.05) is 6.08 Å². The molecule has 3 nitrogen and oxygen atoms in total. The van der Waals surface area contributed by atoms with Crippen molar-refractivity contribution >= 4 is 5.97 Å². The third kappa shape index (κ3) is 36.1. The second-order valence-corrected chi connectivity index (χ2v) is 12.3. The van der Waals surface area contributed by atoms with Crippen molar-refractivity contribution in [3.63, 3.8) is 0 Å². The predicted molar refractivity (Wildman–Crippen MR) is 203 cm³/mol. The van der Waals surface area contributed by atoms with E-state index >= 15 is 0 Å². The van der Waals surface area contributed by atoms with Gasteiger partial charge in [-0.15, -0.1) is 0 Å². The van der Waals surface area contributed by atoms with Crippen LogP contribution >= 0.6 is 0 Å². The van der Waals surface area contributed by atoms with Crippen LogP contribution in [0, 0.1) is 0 Å². The van der Waals surface area contributed by atoms with Gasteiger partial charge >= 0.3 is 5.97 Å². The lowest BCUT2D eigenvalue weighted by atomic mass is 10.0. The van der Waals surface area contributed by atoms with Crippen molar-refractivity contribution in [1.82, 2.24) is 0 Å². The molecule has 0 saturated carbocycles. The molecule has 0 spiro atoms. The van der Waals surface area contributed by atoms with Gasteiger partial charge in [-0.3, -0.25) is 4.79 Å². The summed E-state index contributed by atoms with van der Waals surface area (Å²) in [4.78, 5) is 12.2. The van der Waals surface area contributed by atoms with Gasteiger partial charge < -0.3 is 9.84 Å². The van der Waals surface area contributed by atoms with Crippen LogP contribution in [0.25, 0.3) is 0 Å². The van der Waals surface area contributed by atoms with Crippen molar-refractivity contribution in [3.8, 4) is 0 Å². The second kappa shape index (κ2) is 38.8. The molecule has 0 aliphatic rings. The number of aliphatic hydroxyl groups is 1. The Morgan fingerprint density at radius 2 is 0.891 bits per heavy atom. The predicted octanol–water partition coefficient (Wildman–Crippen LogP) is 13.2. The Hall–Kier alpha value is -2.39. The molecule has 262 valence electrons. The maximum Gasteiger partial charge on any atom is 0.306 e. The van der Waals surface area contributed by atoms with E-state index in [1.165, 1.54) is 77.0 Å². The van der Waals surface area contributed by atoms with Crippen LogP contribution in [0.15, 0.2) is 85.1 Å². The van der Waals surface area contributed by atoms with E-state index in [9.17, 15) is 9.90 Å². The maximum absolute atomic E-state index is 12.2. The average molecular weight is 637 g/mol. The van der Waals surface area contributed by atoms with Gasteiger partial charge in [0.1, 0.15) is 6.10 Å². The van der Waals surface area contributed by atoms with Crippen LogP contribution < -0.4 is 0 Å². The molecule has 0 bridgehead atoms. The van der Waals surface area contributed by atoms with Crippen molar-refractivity contribution in [2.24, 2.45) is 0 Å². The summed E-state index contributed by atoms with van der Waals surface area (Å²) >= 11 is 0. The molecule has 0 fully saturated rings. The monoisotopic (exact) mass is 637 g/mol. The van der Waals surface area contributed by atoms with Crippen molar-refractivity contribution in [1.29, 1.82) is 0 Å². The Labute approximate surface area is 285 Å². The topological polar surface area (TPSA) is 46.5 Å². The van der Waals surface area contributed by atoms with E-state index in [0.717, 1.165) is 57.8 Å². The fourth-order valence-corrected chi connectivity index (χ4v) is 5.08. The Bertz CT molecular complexity index is 842. The first-order valence-corrected chi connectivity index (χ1v) is 19.1. The van der Waals surface area contributed by atoms with Gasteiger partial charge in [-0.25, -0.2) is 0 Å². The minimum absolute atomic E-state index is 0.103. The van der Waals surface area contributed by atoms with Crippen LogP contribution in [0.1, 0.15) is 168 Å². The first-order chi connectivity index (χ1) is 22.7. The quantitative estimate of drug-likeness (QED) is 0.0443. The number of esters is 1. The SMILES string of the molecule is CC/C=C\C/C=C\C/C=C\C/C=C\C/C=C\C/C=C\CCC(=O)OC(CO)CCC/C=C\CCCCCCCCCCCCCC. The van der Waals surface area contributed by atoms with Gasteiger partial charge in [0.2, 0.25) is 0 Å². The fraction of sp³-hybridized carbons (Fsp3) is 0.651. The van der Waals surface area contributed by atoms with Crippen molar-refractivity contribution in [2.45, 2.75) is 174 Å². The molecule has 0 amide bonds. The minimum atomic E-state index is -0.387.